The quantitative estimate of drug-likeness (QED) is 0.743. The second kappa shape index (κ2) is 9.50. The highest BCUT2D eigenvalue weighted by atomic mass is 16.5. The average molecular weight is 384 g/mol. The van der Waals surface area contributed by atoms with Gasteiger partial charge < -0.3 is 14.6 Å². The molecule has 0 spiro atoms. The fraction of sp³-hybridized carbons (Fsp3) is 0.476. The first kappa shape index (κ1) is 20.1. The van der Waals surface area contributed by atoms with Gasteiger partial charge in [-0.3, -0.25) is 9.69 Å². The number of hydrogen-bond acceptors (Lipinski definition) is 5. The predicted molar refractivity (Wildman–Crippen MR) is 107 cm³/mol. The van der Waals surface area contributed by atoms with Gasteiger partial charge in [-0.05, 0) is 56.1 Å². The normalized spacial score (nSPS) is 15.4. The van der Waals surface area contributed by atoms with Crippen LogP contribution in [0.5, 0.6) is 0 Å². The maximum absolute atomic E-state index is 12.3. The van der Waals surface area contributed by atoms with Gasteiger partial charge in [-0.25, -0.2) is 9.78 Å². The van der Waals surface area contributed by atoms with Crippen LogP contribution in [0.3, 0.4) is 0 Å². The Morgan fingerprint density at radius 1 is 1.21 bits per heavy atom. The number of piperidine rings is 1. The maximum Gasteiger partial charge on any atom is 0.337 e. The topological polar surface area (TPSA) is 76.5 Å². The van der Waals surface area contributed by atoms with Crippen molar-refractivity contribution in [2.45, 2.75) is 32.7 Å². The lowest BCUT2D eigenvalue weighted by Gasteiger charge is -2.31. The number of methoxy groups -OCH3 is 1. The number of nitrogens with zero attached hydrogens (tertiary/aromatic N) is 3. The van der Waals surface area contributed by atoms with Gasteiger partial charge in [0.25, 0.3) is 0 Å². The van der Waals surface area contributed by atoms with E-state index in [1.54, 1.807) is 24.3 Å². The summed E-state index contributed by atoms with van der Waals surface area (Å²) in [6.07, 6.45) is 7.05. The molecule has 1 aliphatic heterocycles. The summed E-state index contributed by atoms with van der Waals surface area (Å²) >= 11 is 0. The van der Waals surface area contributed by atoms with Gasteiger partial charge in [0.2, 0.25) is 5.91 Å². The molecule has 0 aliphatic carbocycles. The predicted octanol–water partition coefficient (Wildman–Crippen LogP) is 2.58. The van der Waals surface area contributed by atoms with E-state index in [2.05, 4.69) is 37.6 Å². The van der Waals surface area contributed by atoms with Gasteiger partial charge in [0, 0.05) is 31.0 Å². The Hall–Kier alpha value is -2.67. The molecule has 1 N–H and O–H groups in total. The van der Waals surface area contributed by atoms with Crippen LogP contribution in [0.15, 0.2) is 36.7 Å². The van der Waals surface area contributed by atoms with E-state index < -0.39 is 0 Å². The largest absolute Gasteiger partial charge is 0.465 e. The van der Waals surface area contributed by atoms with Crippen molar-refractivity contribution < 1.29 is 14.3 Å². The molecular weight excluding hydrogens is 356 g/mol. The molecule has 7 nitrogen and oxygen atoms in total. The molecule has 3 rings (SSSR count). The fourth-order valence-electron chi connectivity index (χ4n) is 3.64. The molecule has 7 heteroatoms. The van der Waals surface area contributed by atoms with Gasteiger partial charge in [-0.1, -0.05) is 6.92 Å². The van der Waals surface area contributed by atoms with Gasteiger partial charge in [-0.15, -0.1) is 0 Å². The van der Waals surface area contributed by atoms with E-state index in [-0.39, 0.29) is 11.9 Å². The number of aryl methyl sites for hydroxylation is 1. The second-order valence-corrected chi connectivity index (χ2v) is 7.19. The first-order valence-corrected chi connectivity index (χ1v) is 9.79. The van der Waals surface area contributed by atoms with Crippen LogP contribution in [0, 0.1) is 5.92 Å². The van der Waals surface area contributed by atoms with Crippen molar-refractivity contribution in [2.75, 3.05) is 32.1 Å². The van der Waals surface area contributed by atoms with Crippen molar-refractivity contribution in [3.8, 4) is 0 Å². The molecule has 0 bridgehead atoms. The first-order chi connectivity index (χ1) is 13.6. The minimum Gasteiger partial charge on any atom is -0.465 e. The lowest BCUT2D eigenvalue weighted by Crippen LogP contribution is -2.40. The van der Waals surface area contributed by atoms with Crippen LogP contribution in [-0.4, -0.2) is 53.1 Å². The highest BCUT2D eigenvalue weighted by Crippen LogP contribution is 2.20. The number of rotatable bonds is 7. The molecule has 1 amide bonds. The molecular formula is C21H28N4O3. The Bertz CT molecular complexity index is 792. The molecule has 2 aromatic rings. The van der Waals surface area contributed by atoms with Crippen molar-refractivity contribution in [1.29, 1.82) is 0 Å². The summed E-state index contributed by atoms with van der Waals surface area (Å²) in [6.45, 7) is 5.38. The highest BCUT2D eigenvalue weighted by molar-refractivity contribution is 5.93. The van der Waals surface area contributed by atoms with E-state index >= 15 is 0 Å². The molecule has 0 atom stereocenters. The molecule has 0 saturated carbocycles. The third-order valence-electron chi connectivity index (χ3n) is 5.24. The molecule has 0 radical (unpaired) electrons. The Morgan fingerprint density at radius 3 is 2.57 bits per heavy atom. The summed E-state index contributed by atoms with van der Waals surface area (Å²) in [7, 11) is 1.35. The zero-order chi connectivity index (χ0) is 19.9. The minimum absolute atomic E-state index is 0.0350. The average Bonchev–Trinajstić information content (AvgIpc) is 3.16. The fourth-order valence-corrected chi connectivity index (χ4v) is 3.64. The first-order valence-electron chi connectivity index (χ1n) is 9.79. The van der Waals surface area contributed by atoms with Gasteiger partial charge in [0.05, 0.1) is 19.2 Å². The Balaban J connectivity index is 1.43. The molecule has 1 saturated heterocycles. The molecule has 1 aliphatic rings. The molecule has 1 fully saturated rings. The van der Waals surface area contributed by atoms with E-state index in [1.807, 2.05) is 6.20 Å². The number of ether oxygens (including phenoxy) is 1. The van der Waals surface area contributed by atoms with Gasteiger partial charge in [-0.2, -0.15) is 0 Å². The van der Waals surface area contributed by atoms with Crippen LogP contribution in [0.4, 0.5) is 5.69 Å². The summed E-state index contributed by atoms with van der Waals surface area (Å²) in [5.41, 5.74) is 1.14. The standard InChI is InChI=1S/C21H28N4O3/c1-3-19-22-10-13-25(19)14-16-8-11-24(12-9-16)15-20(26)23-18-6-4-17(5-7-18)21(27)28-2/h4-7,10,13,16H,3,8-9,11-12,14-15H2,1-2H3,(H,23,26). The molecule has 28 heavy (non-hydrogen) atoms. The van der Waals surface area contributed by atoms with Gasteiger partial charge in [0.1, 0.15) is 5.82 Å². The zero-order valence-corrected chi connectivity index (χ0v) is 16.6. The monoisotopic (exact) mass is 384 g/mol. The minimum atomic E-state index is -0.387. The zero-order valence-electron chi connectivity index (χ0n) is 16.6. The number of likely N-dealkylation sites (tertiary alicyclic amines) is 1. The number of amides is 1. The van der Waals surface area contributed by atoms with Crippen LogP contribution >= 0.6 is 0 Å². The van der Waals surface area contributed by atoms with E-state index in [1.165, 1.54) is 7.11 Å². The van der Waals surface area contributed by atoms with E-state index in [0.717, 1.165) is 44.7 Å². The Morgan fingerprint density at radius 2 is 1.93 bits per heavy atom. The van der Waals surface area contributed by atoms with Crippen molar-refractivity contribution in [1.82, 2.24) is 14.5 Å². The number of benzene rings is 1. The molecule has 150 valence electrons. The summed E-state index contributed by atoms with van der Waals surface area (Å²) in [5.74, 6) is 1.35. The van der Waals surface area contributed by atoms with Crippen LogP contribution in [0.2, 0.25) is 0 Å². The Labute approximate surface area is 165 Å². The molecule has 0 unspecified atom stereocenters. The molecule has 1 aromatic carbocycles. The number of aromatic nitrogens is 2. The van der Waals surface area contributed by atoms with E-state index in [9.17, 15) is 9.59 Å². The number of hydrogen-bond donors (Lipinski definition) is 1. The summed E-state index contributed by atoms with van der Waals surface area (Å²) in [4.78, 5) is 30.4. The van der Waals surface area contributed by atoms with Crippen LogP contribution in [0.25, 0.3) is 0 Å². The molecule has 2 heterocycles. The van der Waals surface area contributed by atoms with Crippen molar-refractivity contribution in [3.05, 3.63) is 48.0 Å². The maximum atomic E-state index is 12.3. The van der Waals surface area contributed by atoms with Crippen LogP contribution < -0.4 is 5.32 Å². The van der Waals surface area contributed by atoms with Crippen LogP contribution in [-0.2, 0) is 22.5 Å². The van der Waals surface area contributed by atoms with Crippen molar-refractivity contribution in [2.24, 2.45) is 5.92 Å². The number of esters is 1. The number of carbonyl (C=O) groups is 2. The third kappa shape index (κ3) is 5.19. The number of anilines is 1. The van der Waals surface area contributed by atoms with Crippen LogP contribution in [0.1, 0.15) is 35.9 Å². The third-order valence-corrected chi connectivity index (χ3v) is 5.24. The second-order valence-electron chi connectivity index (χ2n) is 7.19. The number of carbonyl (C=O) groups excluding carboxylic acids is 2. The highest BCUT2D eigenvalue weighted by Gasteiger charge is 2.21. The summed E-state index contributed by atoms with van der Waals surface area (Å²) < 4.78 is 6.93. The Kier molecular flexibility index (Phi) is 6.81. The number of nitrogens with one attached hydrogen (secondary N) is 1. The van der Waals surface area contributed by atoms with Crippen molar-refractivity contribution >= 4 is 17.6 Å². The lowest BCUT2D eigenvalue weighted by molar-refractivity contribution is -0.117. The summed E-state index contributed by atoms with van der Waals surface area (Å²) in [5, 5.41) is 2.89. The number of imidazole rings is 1. The lowest BCUT2D eigenvalue weighted by atomic mass is 9.96. The summed E-state index contributed by atoms with van der Waals surface area (Å²) in [6, 6.07) is 6.72. The molecule has 1 aromatic heterocycles. The van der Waals surface area contributed by atoms with Crippen molar-refractivity contribution in [3.63, 3.8) is 0 Å². The van der Waals surface area contributed by atoms with Gasteiger partial charge >= 0.3 is 5.97 Å². The van der Waals surface area contributed by atoms with E-state index in [0.29, 0.717) is 23.7 Å². The van der Waals surface area contributed by atoms with Gasteiger partial charge in [0.15, 0.2) is 0 Å². The SMILES string of the molecule is CCc1nccn1CC1CCN(CC(=O)Nc2ccc(C(=O)OC)cc2)CC1. The van der Waals surface area contributed by atoms with E-state index in [4.69, 9.17) is 0 Å². The smallest absolute Gasteiger partial charge is 0.337 e.